The lowest BCUT2D eigenvalue weighted by molar-refractivity contribution is -0.139. The summed E-state index contributed by atoms with van der Waals surface area (Å²) in [7, 11) is 0. The first-order valence-corrected chi connectivity index (χ1v) is 11.0. The Kier molecular flexibility index (Phi) is 7.86. The molecule has 0 saturated heterocycles. The maximum atomic E-state index is 10.7. The van der Waals surface area contributed by atoms with Gasteiger partial charge in [0.2, 0.25) is 0 Å². The summed E-state index contributed by atoms with van der Waals surface area (Å²) >= 11 is 14.1. The van der Waals surface area contributed by atoms with E-state index in [-0.39, 0.29) is 6.61 Å². The van der Waals surface area contributed by atoms with Crippen molar-refractivity contribution in [1.82, 2.24) is 0 Å². The molecule has 3 aromatic rings. The normalized spacial score (nSPS) is 10.5. The molecular weight excluding hydrogens is 439 g/mol. The smallest absolute Gasteiger partial charge is 0.341 e. The number of halogens is 2. The van der Waals surface area contributed by atoms with Gasteiger partial charge in [0, 0.05) is 20.7 Å². The number of aryl methyl sites for hydroxylation is 1. The number of rotatable bonds is 8. The van der Waals surface area contributed by atoms with Gasteiger partial charge in [-0.15, -0.1) is 11.8 Å². The molecule has 0 amide bonds. The standard InChI is InChI=1S/C24H20Cl2O3S/c1-16-12-21(8-9-23(16)29-15-24(27)28)30-11-10-22(17-4-2-6-19(25)13-17)18-5-3-7-20(26)14-18/h2-10,12-14H,11,15H2,1H3,(H,27,28). The molecule has 0 radical (unpaired) electrons. The van der Waals surface area contributed by atoms with E-state index in [2.05, 4.69) is 6.08 Å². The molecule has 3 rings (SSSR count). The molecule has 0 spiro atoms. The van der Waals surface area contributed by atoms with Crippen LogP contribution in [-0.4, -0.2) is 23.4 Å². The van der Waals surface area contributed by atoms with E-state index in [0.717, 1.165) is 32.9 Å². The molecular formula is C24H20Cl2O3S. The molecule has 3 nitrogen and oxygen atoms in total. The van der Waals surface area contributed by atoms with Crippen molar-refractivity contribution in [3.63, 3.8) is 0 Å². The molecule has 0 fully saturated rings. The van der Waals surface area contributed by atoms with Crippen molar-refractivity contribution in [2.75, 3.05) is 12.4 Å². The Morgan fingerprint density at radius 2 is 1.63 bits per heavy atom. The van der Waals surface area contributed by atoms with Gasteiger partial charge in [-0.25, -0.2) is 4.79 Å². The zero-order chi connectivity index (χ0) is 21.5. The first-order valence-electron chi connectivity index (χ1n) is 9.22. The zero-order valence-electron chi connectivity index (χ0n) is 16.3. The van der Waals surface area contributed by atoms with Gasteiger partial charge in [0.15, 0.2) is 6.61 Å². The van der Waals surface area contributed by atoms with Gasteiger partial charge >= 0.3 is 5.97 Å². The highest BCUT2D eigenvalue weighted by Crippen LogP contribution is 2.30. The third-order valence-corrected chi connectivity index (χ3v) is 5.70. The Morgan fingerprint density at radius 3 is 2.17 bits per heavy atom. The van der Waals surface area contributed by atoms with Crippen molar-refractivity contribution in [2.45, 2.75) is 11.8 Å². The Hall–Kier alpha value is -2.40. The predicted molar refractivity (Wildman–Crippen MR) is 125 cm³/mol. The van der Waals surface area contributed by atoms with Gasteiger partial charge in [0.1, 0.15) is 5.75 Å². The van der Waals surface area contributed by atoms with Gasteiger partial charge in [0.25, 0.3) is 0 Å². The lowest BCUT2D eigenvalue weighted by atomic mass is 9.98. The second-order valence-corrected chi connectivity index (χ2v) is 8.53. The highest BCUT2D eigenvalue weighted by Gasteiger charge is 2.08. The van der Waals surface area contributed by atoms with Gasteiger partial charge < -0.3 is 9.84 Å². The van der Waals surface area contributed by atoms with E-state index in [4.69, 9.17) is 33.0 Å². The van der Waals surface area contributed by atoms with E-state index in [1.165, 1.54) is 0 Å². The van der Waals surface area contributed by atoms with Crippen LogP contribution in [0.4, 0.5) is 0 Å². The molecule has 0 saturated carbocycles. The number of benzene rings is 3. The van der Waals surface area contributed by atoms with Crippen LogP contribution in [0, 0.1) is 6.92 Å². The number of thioether (sulfide) groups is 1. The monoisotopic (exact) mass is 458 g/mol. The summed E-state index contributed by atoms with van der Waals surface area (Å²) in [5, 5.41) is 10.1. The average molecular weight is 459 g/mol. The molecule has 0 bridgehead atoms. The zero-order valence-corrected chi connectivity index (χ0v) is 18.6. The van der Waals surface area contributed by atoms with E-state index in [1.54, 1.807) is 17.8 Å². The number of hydrogen-bond donors (Lipinski definition) is 1. The fraction of sp³-hybridized carbons (Fsp3) is 0.125. The molecule has 0 aliphatic rings. The number of carboxylic acid groups (broad SMARTS) is 1. The number of carbonyl (C=O) groups is 1. The highest BCUT2D eigenvalue weighted by molar-refractivity contribution is 7.99. The summed E-state index contributed by atoms with van der Waals surface area (Å²) in [6, 6.07) is 21.2. The lowest BCUT2D eigenvalue weighted by Gasteiger charge is -2.11. The topological polar surface area (TPSA) is 46.5 Å². The fourth-order valence-corrected chi connectivity index (χ4v) is 4.20. The summed E-state index contributed by atoms with van der Waals surface area (Å²) in [5.74, 6) is 0.326. The van der Waals surface area contributed by atoms with Crippen LogP contribution >= 0.6 is 35.0 Å². The Labute approximate surface area is 190 Å². The van der Waals surface area contributed by atoms with Crippen molar-refractivity contribution in [3.8, 4) is 5.75 Å². The minimum atomic E-state index is -0.993. The van der Waals surface area contributed by atoms with Crippen molar-refractivity contribution < 1.29 is 14.6 Å². The summed E-state index contributed by atoms with van der Waals surface area (Å²) < 4.78 is 5.29. The molecule has 0 aromatic heterocycles. The Morgan fingerprint density at radius 1 is 1.00 bits per heavy atom. The SMILES string of the molecule is Cc1cc(SCC=C(c2cccc(Cl)c2)c2cccc(Cl)c2)ccc1OCC(=O)O. The third-order valence-electron chi connectivity index (χ3n) is 4.31. The van der Waals surface area contributed by atoms with Gasteiger partial charge in [0.05, 0.1) is 0 Å². The van der Waals surface area contributed by atoms with Crippen LogP contribution in [0.5, 0.6) is 5.75 Å². The van der Waals surface area contributed by atoms with Crippen molar-refractivity contribution >= 4 is 46.5 Å². The summed E-state index contributed by atoms with van der Waals surface area (Å²) in [5.41, 5.74) is 4.01. The Bertz CT molecular complexity index is 1030. The van der Waals surface area contributed by atoms with E-state index in [0.29, 0.717) is 15.8 Å². The quantitative estimate of drug-likeness (QED) is 0.369. The first-order chi connectivity index (χ1) is 14.4. The van der Waals surface area contributed by atoms with Gasteiger partial charge in [-0.1, -0.05) is 53.5 Å². The van der Waals surface area contributed by atoms with Crippen LogP contribution in [0.2, 0.25) is 10.0 Å². The maximum absolute atomic E-state index is 10.7. The molecule has 0 aliphatic carbocycles. The lowest BCUT2D eigenvalue weighted by Crippen LogP contribution is -2.09. The van der Waals surface area contributed by atoms with Crippen molar-refractivity contribution in [1.29, 1.82) is 0 Å². The van der Waals surface area contributed by atoms with Crippen LogP contribution in [0.25, 0.3) is 5.57 Å². The fourth-order valence-electron chi connectivity index (χ4n) is 2.95. The van der Waals surface area contributed by atoms with Crippen LogP contribution < -0.4 is 4.74 Å². The number of carboxylic acids is 1. The molecule has 0 atom stereocenters. The maximum Gasteiger partial charge on any atom is 0.341 e. The number of ether oxygens (including phenoxy) is 1. The Balaban J connectivity index is 1.79. The van der Waals surface area contributed by atoms with Crippen LogP contribution in [0.3, 0.4) is 0 Å². The molecule has 0 unspecified atom stereocenters. The summed E-state index contributed by atoms with van der Waals surface area (Å²) in [4.78, 5) is 11.8. The molecule has 3 aromatic carbocycles. The van der Waals surface area contributed by atoms with Crippen molar-refractivity contribution in [2.24, 2.45) is 0 Å². The van der Waals surface area contributed by atoms with E-state index in [9.17, 15) is 4.79 Å². The molecule has 1 N–H and O–H groups in total. The number of hydrogen-bond acceptors (Lipinski definition) is 3. The summed E-state index contributed by atoms with van der Waals surface area (Å²) in [6.45, 7) is 1.55. The number of aliphatic carboxylic acids is 1. The predicted octanol–water partition coefficient (Wildman–Crippen LogP) is 6.99. The highest BCUT2D eigenvalue weighted by atomic mass is 35.5. The molecule has 6 heteroatoms. The average Bonchev–Trinajstić information content (AvgIpc) is 2.70. The molecule has 154 valence electrons. The summed E-state index contributed by atoms with van der Waals surface area (Å²) in [6.07, 6.45) is 2.16. The van der Waals surface area contributed by atoms with Crippen LogP contribution in [0.1, 0.15) is 16.7 Å². The molecule has 0 heterocycles. The third kappa shape index (κ3) is 6.30. The van der Waals surface area contributed by atoms with Crippen LogP contribution in [0.15, 0.2) is 77.7 Å². The molecule has 0 aliphatic heterocycles. The van der Waals surface area contributed by atoms with Crippen LogP contribution in [-0.2, 0) is 4.79 Å². The second kappa shape index (κ2) is 10.6. The first kappa shape index (κ1) is 22.3. The van der Waals surface area contributed by atoms with Crippen molar-refractivity contribution in [3.05, 3.63) is 99.5 Å². The van der Waals surface area contributed by atoms with E-state index >= 15 is 0 Å². The largest absolute Gasteiger partial charge is 0.482 e. The minimum absolute atomic E-state index is 0.349. The van der Waals surface area contributed by atoms with Gasteiger partial charge in [-0.05, 0) is 71.7 Å². The molecule has 30 heavy (non-hydrogen) atoms. The minimum Gasteiger partial charge on any atom is -0.482 e. The van der Waals surface area contributed by atoms with E-state index < -0.39 is 5.97 Å². The second-order valence-electron chi connectivity index (χ2n) is 6.56. The van der Waals surface area contributed by atoms with E-state index in [1.807, 2.05) is 67.6 Å². The van der Waals surface area contributed by atoms with Gasteiger partial charge in [-0.3, -0.25) is 0 Å². The van der Waals surface area contributed by atoms with Gasteiger partial charge in [-0.2, -0.15) is 0 Å².